The molecule has 28 heavy (non-hydrogen) atoms. The van der Waals surface area contributed by atoms with Crippen LogP contribution in [0.2, 0.25) is 0 Å². The van der Waals surface area contributed by atoms with Crippen molar-refractivity contribution in [3.05, 3.63) is 64.7 Å². The Balaban J connectivity index is 1.37. The van der Waals surface area contributed by atoms with E-state index in [-0.39, 0.29) is 12.5 Å². The number of hydrogen-bond donors (Lipinski definition) is 2. The number of carbonyl (C=O) groups is 2. The zero-order valence-corrected chi connectivity index (χ0v) is 15.9. The minimum Gasteiger partial charge on any atom is -0.484 e. The third kappa shape index (κ3) is 5.62. The summed E-state index contributed by atoms with van der Waals surface area (Å²) >= 11 is 1.61. The van der Waals surface area contributed by atoms with Crippen LogP contribution in [0, 0.1) is 0 Å². The van der Waals surface area contributed by atoms with Crippen molar-refractivity contribution >= 4 is 23.2 Å². The number of ether oxygens (including phenoxy) is 1. The summed E-state index contributed by atoms with van der Waals surface area (Å²) in [6, 6.07) is 10.3. The first-order chi connectivity index (χ1) is 13.6. The van der Waals surface area contributed by atoms with E-state index in [0.717, 1.165) is 29.1 Å². The second-order valence-electron chi connectivity index (χ2n) is 6.00. The zero-order chi connectivity index (χ0) is 19.8. The lowest BCUT2D eigenvalue weighted by atomic mass is 10.2. The number of primary amides is 1. The average Bonchev–Trinajstić information content (AvgIpc) is 3.19. The van der Waals surface area contributed by atoms with Crippen molar-refractivity contribution in [1.29, 1.82) is 0 Å². The van der Waals surface area contributed by atoms with Crippen LogP contribution in [0.25, 0.3) is 11.3 Å². The Kier molecular flexibility index (Phi) is 6.69. The van der Waals surface area contributed by atoms with Gasteiger partial charge in [-0.05, 0) is 36.8 Å². The number of nitrogens with zero attached hydrogens (tertiary/aromatic N) is 2. The highest BCUT2D eigenvalue weighted by Crippen LogP contribution is 2.21. The fourth-order valence-corrected chi connectivity index (χ4v) is 3.34. The normalized spacial score (nSPS) is 10.4. The fraction of sp³-hybridized carbons (Fsp3) is 0.200. The number of aromatic nitrogens is 2. The van der Waals surface area contributed by atoms with Gasteiger partial charge in [-0.2, -0.15) is 0 Å². The molecule has 0 atom stereocenters. The maximum Gasteiger partial charge on any atom is 0.257 e. The van der Waals surface area contributed by atoms with Crippen LogP contribution in [0.5, 0.6) is 5.75 Å². The van der Waals surface area contributed by atoms with Gasteiger partial charge in [0.15, 0.2) is 6.61 Å². The number of nitrogens with one attached hydrogen (secondary N) is 1. The van der Waals surface area contributed by atoms with Gasteiger partial charge in [-0.1, -0.05) is 6.07 Å². The number of aryl methyl sites for hydroxylation is 1. The van der Waals surface area contributed by atoms with Crippen molar-refractivity contribution in [3.63, 3.8) is 0 Å². The van der Waals surface area contributed by atoms with Crippen LogP contribution in [0.1, 0.15) is 21.8 Å². The molecule has 3 aromatic rings. The first-order valence-corrected chi connectivity index (χ1v) is 9.64. The van der Waals surface area contributed by atoms with E-state index >= 15 is 0 Å². The second-order valence-corrected chi connectivity index (χ2v) is 6.94. The maximum atomic E-state index is 11.9. The molecule has 0 aliphatic rings. The van der Waals surface area contributed by atoms with E-state index in [2.05, 4.69) is 15.3 Å². The molecule has 144 valence electrons. The molecule has 0 unspecified atom stereocenters. The Morgan fingerprint density at radius 1 is 1.18 bits per heavy atom. The molecule has 0 aliphatic heterocycles. The predicted molar refractivity (Wildman–Crippen MR) is 107 cm³/mol. The number of hydrogen-bond acceptors (Lipinski definition) is 6. The molecule has 3 N–H and O–H groups in total. The third-order valence-corrected chi connectivity index (χ3v) is 4.81. The SMILES string of the molecule is NC(=O)c1cccc(OCC(=O)NCCCc2nc(-c3ccncc3)cs2)c1. The van der Waals surface area contributed by atoms with Gasteiger partial charge in [0.25, 0.3) is 5.91 Å². The van der Waals surface area contributed by atoms with Gasteiger partial charge in [-0.15, -0.1) is 11.3 Å². The van der Waals surface area contributed by atoms with Gasteiger partial charge >= 0.3 is 0 Å². The lowest BCUT2D eigenvalue weighted by Gasteiger charge is -2.08. The molecule has 1 aromatic carbocycles. The lowest BCUT2D eigenvalue weighted by molar-refractivity contribution is -0.123. The largest absolute Gasteiger partial charge is 0.484 e. The number of carbonyl (C=O) groups excluding carboxylic acids is 2. The molecule has 7 nitrogen and oxygen atoms in total. The Hall–Kier alpha value is -3.26. The lowest BCUT2D eigenvalue weighted by Crippen LogP contribution is -2.30. The van der Waals surface area contributed by atoms with Crippen LogP contribution in [-0.4, -0.2) is 34.9 Å². The summed E-state index contributed by atoms with van der Waals surface area (Å²) in [5.74, 6) is -0.330. The molecule has 0 bridgehead atoms. The van der Waals surface area contributed by atoms with Gasteiger partial charge in [0.05, 0.1) is 10.7 Å². The Labute approximate surface area is 166 Å². The molecule has 0 aliphatic carbocycles. The monoisotopic (exact) mass is 396 g/mol. The molecule has 3 rings (SSSR count). The van der Waals surface area contributed by atoms with Crippen molar-refractivity contribution in [2.24, 2.45) is 5.73 Å². The van der Waals surface area contributed by atoms with E-state index in [1.807, 2.05) is 17.5 Å². The van der Waals surface area contributed by atoms with Crippen molar-refractivity contribution in [1.82, 2.24) is 15.3 Å². The van der Waals surface area contributed by atoms with Crippen molar-refractivity contribution in [2.45, 2.75) is 12.8 Å². The molecule has 0 spiro atoms. The fourth-order valence-electron chi connectivity index (χ4n) is 2.49. The summed E-state index contributed by atoms with van der Waals surface area (Å²) in [6.07, 6.45) is 5.07. The third-order valence-electron chi connectivity index (χ3n) is 3.91. The highest BCUT2D eigenvalue weighted by atomic mass is 32.1. The van der Waals surface area contributed by atoms with Crippen LogP contribution in [0.4, 0.5) is 0 Å². The molecule has 2 heterocycles. The Morgan fingerprint density at radius 3 is 2.79 bits per heavy atom. The van der Waals surface area contributed by atoms with Crippen LogP contribution in [0.15, 0.2) is 54.2 Å². The number of nitrogens with two attached hydrogens (primary N) is 1. The minimum absolute atomic E-state index is 0.119. The summed E-state index contributed by atoms with van der Waals surface area (Å²) in [7, 11) is 0. The first-order valence-electron chi connectivity index (χ1n) is 8.76. The van der Waals surface area contributed by atoms with E-state index in [1.165, 1.54) is 6.07 Å². The average molecular weight is 396 g/mol. The zero-order valence-electron chi connectivity index (χ0n) is 15.1. The quantitative estimate of drug-likeness (QED) is 0.540. The standard InChI is InChI=1S/C20H20N4O3S/c21-20(26)15-3-1-4-16(11-15)27-12-18(25)23-8-2-5-19-24-17(13-28-19)14-6-9-22-10-7-14/h1,3-4,6-7,9-11,13H,2,5,8,12H2,(H2,21,26)(H,23,25). The molecule has 0 saturated heterocycles. The summed E-state index contributed by atoms with van der Waals surface area (Å²) in [4.78, 5) is 31.7. The first kappa shape index (κ1) is 19.5. The number of benzene rings is 1. The molecular formula is C20H20N4O3S. The van der Waals surface area contributed by atoms with E-state index in [0.29, 0.717) is 17.9 Å². The summed E-state index contributed by atoms with van der Waals surface area (Å²) in [5, 5.41) is 5.87. The Morgan fingerprint density at radius 2 is 2.00 bits per heavy atom. The summed E-state index contributed by atoms with van der Waals surface area (Å²) in [6.45, 7) is 0.416. The molecule has 0 saturated carbocycles. The van der Waals surface area contributed by atoms with E-state index in [9.17, 15) is 9.59 Å². The summed E-state index contributed by atoms with van der Waals surface area (Å²) < 4.78 is 5.39. The van der Waals surface area contributed by atoms with Crippen molar-refractivity contribution in [2.75, 3.05) is 13.2 Å². The van der Waals surface area contributed by atoms with E-state index < -0.39 is 5.91 Å². The highest BCUT2D eigenvalue weighted by Gasteiger charge is 2.07. The van der Waals surface area contributed by atoms with Gasteiger partial charge < -0.3 is 15.8 Å². The molecule has 2 aromatic heterocycles. The van der Waals surface area contributed by atoms with Gasteiger partial charge in [0.1, 0.15) is 5.75 Å². The highest BCUT2D eigenvalue weighted by molar-refractivity contribution is 7.09. The van der Waals surface area contributed by atoms with Crippen LogP contribution in [-0.2, 0) is 11.2 Å². The summed E-state index contributed by atoms with van der Waals surface area (Å²) in [5.41, 5.74) is 7.55. The molecular weight excluding hydrogens is 376 g/mol. The number of pyridine rings is 1. The smallest absolute Gasteiger partial charge is 0.257 e. The molecule has 0 radical (unpaired) electrons. The van der Waals surface area contributed by atoms with Crippen molar-refractivity contribution < 1.29 is 14.3 Å². The van der Waals surface area contributed by atoms with Gasteiger partial charge in [0.2, 0.25) is 5.91 Å². The Bertz CT molecular complexity index is 943. The number of rotatable bonds is 9. The van der Waals surface area contributed by atoms with E-state index in [4.69, 9.17) is 10.5 Å². The minimum atomic E-state index is -0.538. The van der Waals surface area contributed by atoms with Crippen LogP contribution < -0.4 is 15.8 Å². The molecule has 2 amide bonds. The van der Waals surface area contributed by atoms with Crippen LogP contribution in [0.3, 0.4) is 0 Å². The topological polar surface area (TPSA) is 107 Å². The van der Waals surface area contributed by atoms with Crippen LogP contribution >= 0.6 is 11.3 Å². The van der Waals surface area contributed by atoms with E-state index in [1.54, 1.807) is 41.9 Å². The van der Waals surface area contributed by atoms with Crippen molar-refractivity contribution in [3.8, 4) is 17.0 Å². The number of thiazole rings is 1. The molecule has 8 heteroatoms. The maximum absolute atomic E-state index is 11.9. The molecule has 0 fully saturated rings. The predicted octanol–water partition coefficient (Wildman–Crippen LogP) is 2.43. The van der Waals surface area contributed by atoms with Gasteiger partial charge in [0, 0.05) is 41.9 Å². The van der Waals surface area contributed by atoms with Gasteiger partial charge in [-0.25, -0.2) is 4.98 Å². The number of amides is 2. The van der Waals surface area contributed by atoms with Gasteiger partial charge in [-0.3, -0.25) is 14.6 Å². The second kappa shape index (κ2) is 9.61.